The Labute approximate surface area is 110 Å². The van der Waals surface area contributed by atoms with Crippen LogP contribution in [0.25, 0.3) is 0 Å². The number of nitrogens with one attached hydrogen (secondary N) is 1. The smallest absolute Gasteiger partial charge is 0.251 e. The van der Waals surface area contributed by atoms with Gasteiger partial charge in [0.2, 0.25) is 0 Å². The molecule has 1 rings (SSSR count). The summed E-state index contributed by atoms with van der Waals surface area (Å²) >= 11 is 3.40. The molecule has 4 heteroatoms. The van der Waals surface area contributed by atoms with E-state index in [1.807, 2.05) is 0 Å². The molecule has 0 aromatic heterocycles. The molecule has 0 radical (unpaired) electrons. The maximum absolute atomic E-state index is 12.9. The molecule has 0 atom stereocenters. The molecule has 0 saturated carbocycles. The molecular formula is C13H17BrFNO. The third-order valence-corrected chi connectivity index (χ3v) is 4.04. The van der Waals surface area contributed by atoms with Crippen LogP contribution in [0.1, 0.15) is 29.8 Å². The third-order valence-electron chi connectivity index (χ3n) is 2.52. The van der Waals surface area contributed by atoms with E-state index in [1.54, 1.807) is 6.92 Å². The first kappa shape index (κ1) is 14.2. The van der Waals surface area contributed by atoms with Gasteiger partial charge in [0, 0.05) is 17.4 Å². The summed E-state index contributed by atoms with van der Waals surface area (Å²) in [7, 11) is 0. The van der Waals surface area contributed by atoms with E-state index in [2.05, 4.69) is 35.1 Å². The second-order valence-electron chi connectivity index (χ2n) is 4.94. The summed E-state index contributed by atoms with van der Waals surface area (Å²) < 4.78 is 12.9. The molecule has 1 amide bonds. The van der Waals surface area contributed by atoms with Gasteiger partial charge < -0.3 is 5.32 Å². The number of hydrogen-bond acceptors (Lipinski definition) is 1. The van der Waals surface area contributed by atoms with Gasteiger partial charge >= 0.3 is 0 Å². The minimum absolute atomic E-state index is 0.00357. The minimum Gasteiger partial charge on any atom is -0.351 e. The zero-order chi connectivity index (χ0) is 13.1. The van der Waals surface area contributed by atoms with Crippen molar-refractivity contribution in [1.29, 1.82) is 0 Å². The summed E-state index contributed by atoms with van der Waals surface area (Å²) in [4.78, 5) is 11.9. The van der Waals surface area contributed by atoms with E-state index in [1.165, 1.54) is 18.2 Å². The van der Waals surface area contributed by atoms with Crippen molar-refractivity contribution >= 4 is 21.8 Å². The predicted octanol–water partition coefficient (Wildman–Crippen LogP) is 3.29. The maximum atomic E-state index is 12.9. The molecule has 0 fully saturated rings. The molecule has 1 aromatic carbocycles. The topological polar surface area (TPSA) is 29.1 Å². The lowest BCUT2D eigenvalue weighted by Crippen LogP contribution is -2.35. The number of halogens is 2. The van der Waals surface area contributed by atoms with Gasteiger partial charge in [-0.25, -0.2) is 4.39 Å². The normalized spacial score (nSPS) is 11.4. The van der Waals surface area contributed by atoms with Gasteiger partial charge in [-0.2, -0.15) is 0 Å². The van der Waals surface area contributed by atoms with Crippen LogP contribution >= 0.6 is 15.9 Å². The van der Waals surface area contributed by atoms with Gasteiger partial charge in [0.05, 0.1) is 0 Å². The lowest BCUT2D eigenvalue weighted by atomic mass is 9.96. The van der Waals surface area contributed by atoms with E-state index < -0.39 is 0 Å². The van der Waals surface area contributed by atoms with Crippen molar-refractivity contribution in [2.75, 3.05) is 11.9 Å². The fourth-order valence-corrected chi connectivity index (χ4v) is 1.54. The molecule has 0 aliphatic carbocycles. The van der Waals surface area contributed by atoms with Crippen LogP contribution in [-0.2, 0) is 0 Å². The highest BCUT2D eigenvalue weighted by molar-refractivity contribution is 9.09. The van der Waals surface area contributed by atoms with Crippen molar-refractivity contribution in [2.45, 2.75) is 20.8 Å². The first-order valence-electron chi connectivity index (χ1n) is 5.46. The van der Waals surface area contributed by atoms with Crippen LogP contribution in [0.15, 0.2) is 18.2 Å². The monoisotopic (exact) mass is 301 g/mol. The lowest BCUT2D eigenvalue weighted by molar-refractivity contribution is 0.0939. The van der Waals surface area contributed by atoms with Crippen molar-refractivity contribution in [2.24, 2.45) is 5.41 Å². The molecule has 0 heterocycles. The van der Waals surface area contributed by atoms with Gasteiger partial charge in [-0.1, -0.05) is 29.8 Å². The quantitative estimate of drug-likeness (QED) is 0.850. The first-order valence-corrected chi connectivity index (χ1v) is 6.58. The van der Waals surface area contributed by atoms with Crippen LogP contribution in [0.3, 0.4) is 0 Å². The Kier molecular flexibility index (Phi) is 4.69. The van der Waals surface area contributed by atoms with Crippen LogP contribution < -0.4 is 5.32 Å². The molecule has 1 aromatic rings. The number of carbonyl (C=O) groups excluding carboxylic acids is 1. The molecule has 1 N–H and O–H groups in total. The van der Waals surface area contributed by atoms with Gasteiger partial charge in [-0.15, -0.1) is 0 Å². The van der Waals surface area contributed by atoms with E-state index >= 15 is 0 Å². The summed E-state index contributed by atoms with van der Waals surface area (Å²) in [6.45, 7) is 6.42. The number of amides is 1. The average molecular weight is 302 g/mol. The molecule has 0 bridgehead atoms. The number of aryl methyl sites for hydroxylation is 1. The number of hydrogen-bond donors (Lipinski definition) is 1. The summed E-state index contributed by atoms with van der Waals surface area (Å²) in [5.41, 5.74) is 1.18. The van der Waals surface area contributed by atoms with Crippen LogP contribution in [-0.4, -0.2) is 17.8 Å². The first-order chi connectivity index (χ1) is 7.85. The van der Waals surface area contributed by atoms with Gasteiger partial charge in [0.25, 0.3) is 5.91 Å². The molecule has 0 spiro atoms. The van der Waals surface area contributed by atoms with Crippen LogP contribution in [0.5, 0.6) is 0 Å². The summed E-state index contributed by atoms with van der Waals surface area (Å²) in [5, 5.41) is 3.67. The van der Waals surface area contributed by atoms with Gasteiger partial charge in [0.15, 0.2) is 0 Å². The zero-order valence-corrected chi connectivity index (χ0v) is 11.9. The Morgan fingerprint density at radius 2 is 2.12 bits per heavy atom. The number of benzene rings is 1. The molecule has 0 unspecified atom stereocenters. The van der Waals surface area contributed by atoms with E-state index in [-0.39, 0.29) is 17.1 Å². The van der Waals surface area contributed by atoms with Crippen molar-refractivity contribution in [1.82, 2.24) is 5.32 Å². The fraction of sp³-hybridized carbons (Fsp3) is 0.462. The van der Waals surface area contributed by atoms with Gasteiger partial charge in [0.1, 0.15) is 5.82 Å². The molecule has 2 nitrogen and oxygen atoms in total. The zero-order valence-electron chi connectivity index (χ0n) is 10.3. The van der Waals surface area contributed by atoms with E-state index in [0.717, 1.165) is 5.33 Å². The molecular weight excluding hydrogens is 285 g/mol. The third kappa shape index (κ3) is 4.11. The van der Waals surface area contributed by atoms with Crippen LogP contribution in [0.2, 0.25) is 0 Å². The Balaban J connectivity index is 2.71. The fourth-order valence-electron chi connectivity index (χ4n) is 1.34. The Morgan fingerprint density at radius 3 is 2.65 bits per heavy atom. The Bertz CT molecular complexity index is 418. The Morgan fingerprint density at radius 1 is 1.47 bits per heavy atom. The maximum Gasteiger partial charge on any atom is 0.251 e. The highest BCUT2D eigenvalue weighted by Gasteiger charge is 2.18. The number of rotatable bonds is 4. The summed E-state index contributed by atoms with van der Waals surface area (Å²) in [5.74, 6) is -0.476. The second kappa shape index (κ2) is 5.63. The largest absolute Gasteiger partial charge is 0.351 e. The van der Waals surface area contributed by atoms with Crippen molar-refractivity contribution in [3.05, 3.63) is 35.1 Å². The van der Waals surface area contributed by atoms with Crippen molar-refractivity contribution in [3.63, 3.8) is 0 Å². The summed E-state index contributed by atoms with van der Waals surface area (Å²) in [6.07, 6.45) is 0. The predicted molar refractivity (Wildman–Crippen MR) is 71.0 cm³/mol. The van der Waals surface area contributed by atoms with E-state index in [0.29, 0.717) is 17.7 Å². The van der Waals surface area contributed by atoms with Crippen LogP contribution in [0.4, 0.5) is 4.39 Å². The average Bonchev–Trinajstić information content (AvgIpc) is 2.26. The van der Waals surface area contributed by atoms with E-state index in [9.17, 15) is 9.18 Å². The number of carbonyl (C=O) groups is 1. The number of alkyl halides is 1. The lowest BCUT2D eigenvalue weighted by Gasteiger charge is -2.22. The summed E-state index contributed by atoms with van der Waals surface area (Å²) in [6, 6.07) is 4.18. The highest BCUT2D eigenvalue weighted by Crippen LogP contribution is 2.17. The molecule has 94 valence electrons. The van der Waals surface area contributed by atoms with Gasteiger partial charge in [-0.3, -0.25) is 4.79 Å². The highest BCUT2D eigenvalue weighted by atomic mass is 79.9. The van der Waals surface area contributed by atoms with Crippen LogP contribution in [0, 0.1) is 18.2 Å². The van der Waals surface area contributed by atoms with Crippen molar-refractivity contribution < 1.29 is 9.18 Å². The molecule has 0 saturated heterocycles. The molecule has 0 aliphatic heterocycles. The second-order valence-corrected chi connectivity index (χ2v) is 5.50. The minimum atomic E-state index is -0.320. The SMILES string of the molecule is Cc1cc(F)ccc1C(=O)NCC(C)(C)CBr. The van der Waals surface area contributed by atoms with Crippen molar-refractivity contribution in [3.8, 4) is 0 Å². The molecule has 17 heavy (non-hydrogen) atoms. The standard InChI is InChI=1S/C13H17BrFNO/c1-9-6-10(15)4-5-11(9)12(17)16-8-13(2,3)7-14/h4-6H,7-8H2,1-3H3,(H,16,17). The van der Waals surface area contributed by atoms with E-state index in [4.69, 9.17) is 0 Å². The Hall–Kier alpha value is -0.900. The van der Waals surface area contributed by atoms with Gasteiger partial charge in [-0.05, 0) is 36.1 Å². The molecule has 0 aliphatic rings.